The molecule has 0 atom stereocenters. The molecule has 1 aliphatic carbocycles. The van der Waals surface area contributed by atoms with Crippen molar-refractivity contribution >= 4 is 0 Å². The molecule has 0 amide bonds. The van der Waals surface area contributed by atoms with Gasteiger partial charge in [-0.05, 0) is 0 Å². The summed E-state index contributed by atoms with van der Waals surface area (Å²) in [6.45, 7) is 1.56. The van der Waals surface area contributed by atoms with Crippen LogP contribution in [-0.2, 0) is 9.47 Å². The van der Waals surface area contributed by atoms with E-state index in [4.69, 9.17) is 9.47 Å². The van der Waals surface area contributed by atoms with Crippen LogP contribution >= 0.6 is 0 Å². The normalized spacial score (nSPS) is 31.4. The molecule has 0 bridgehead atoms. The number of rotatable bonds is 0. The van der Waals surface area contributed by atoms with Crippen LogP contribution in [0, 0.1) is 0 Å². The first kappa shape index (κ1) is 7.53. The van der Waals surface area contributed by atoms with E-state index < -0.39 is 0 Å². The highest BCUT2D eigenvalue weighted by molar-refractivity contribution is 4.81. The van der Waals surface area contributed by atoms with Gasteiger partial charge in [-0.15, -0.1) is 0 Å². The molecule has 1 spiro atoms. The molecule has 0 unspecified atom stereocenters. The lowest BCUT2D eigenvalue weighted by atomic mass is 9.91. The lowest BCUT2D eigenvalue weighted by Crippen LogP contribution is -2.63. The molecule has 0 aromatic rings. The summed E-state index contributed by atoms with van der Waals surface area (Å²) in [7, 11) is 0. The summed E-state index contributed by atoms with van der Waals surface area (Å²) in [5, 5.41) is 0. The second kappa shape index (κ2) is 2.73. The maximum Gasteiger partial charge on any atom is 0.168 e. The maximum atomic E-state index is 5.58. The molecule has 0 aromatic heterocycles. The van der Waals surface area contributed by atoms with Crippen molar-refractivity contribution in [3.05, 3.63) is 0 Å². The molecule has 3 nitrogen and oxygen atoms in total. The Balaban J connectivity index is 1.94. The fraction of sp³-hybridized carbons (Fsp3) is 1.00. The molecule has 2 rings (SSSR count). The van der Waals surface area contributed by atoms with E-state index in [2.05, 4.69) is 5.73 Å². The lowest BCUT2D eigenvalue weighted by molar-refractivity contribution is -0.432. The van der Waals surface area contributed by atoms with E-state index in [1.54, 1.807) is 0 Å². The van der Waals surface area contributed by atoms with Gasteiger partial charge in [0.05, 0.1) is 19.3 Å². The molecule has 1 heterocycles. The van der Waals surface area contributed by atoms with Crippen molar-refractivity contribution in [1.82, 2.24) is 0 Å². The summed E-state index contributed by atoms with van der Waals surface area (Å²) in [6, 6.07) is 0.619. The molecule has 1 aliphatic heterocycles. The minimum absolute atomic E-state index is 0.186. The molecular weight excluding hydrogens is 142 g/mol. The minimum Gasteiger partial charge on any atom is -0.355 e. The molecule has 0 aromatic carbocycles. The third-order valence-corrected chi connectivity index (χ3v) is 2.68. The van der Waals surface area contributed by atoms with Crippen LogP contribution < -0.4 is 5.73 Å². The van der Waals surface area contributed by atoms with Crippen molar-refractivity contribution in [2.75, 3.05) is 13.2 Å². The molecule has 11 heavy (non-hydrogen) atoms. The molecule has 64 valence electrons. The lowest BCUT2D eigenvalue weighted by Gasteiger charge is -2.32. The van der Waals surface area contributed by atoms with Crippen molar-refractivity contribution in [2.24, 2.45) is 0 Å². The first-order chi connectivity index (χ1) is 5.31. The topological polar surface area (TPSA) is 46.1 Å². The van der Waals surface area contributed by atoms with Crippen LogP contribution in [0.5, 0.6) is 0 Å². The Labute approximate surface area is 66.8 Å². The van der Waals surface area contributed by atoms with E-state index in [1.807, 2.05) is 0 Å². The molecule has 1 saturated heterocycles. The molecule has 0 radical (unpaired) electrons. The van der Waals surface area contributed by atoms with Crippen LogP contribution in [0.1, 0.15) is 25.7 Å². The van der Waals surface area contributed by atoms with Gasteiger partial charge in [0.2, 0.25) is 0 Å². The van der Waals surface area contributed by atoms with Crippen LogP contribution in [0.4, 0.5) is 0 Å². The third-order valence-electron chi connectivity index (χ3n) is 2.68. The van der Waals surface area contributed by atoms with Crippen molar-refractivity contribution < 1.29 is 15.2 Å². The van der Waals surface area contributed by atoms with Crippen LogP contribution in [0.15, 0.2) is 0 Å². The van der Waals surface area contributed by atoms with E-state index in [1.165, 1.54) is 0 Å². The second-order valence-electron chi connectivity index (χ2n) is 3.55. The number of hydrogen-bond acceptors (Lipinski definition) is 2. The van der Waals surface area contributed by atoms with Gasteiger partial charge in [0, 0.05) is 25.7 Å². The van der Waals surface area contributed by atoms with E-state index >= 15 is 0 Å². The number of quaternary nitrogens is 1. The zero-order valence-electron chi connectivity index (χ0n) is 6.84. The van der Waals surface area contributed by atoms with E-state index in [-0.39, 0.29) is 5.79 Å². The minimum atomic E-state index is -0.186. The van der Waals surface area contributed by atoms with Crippen molar-refractivity contribution in [3.63, 3.8) is 0 Å². The Morgan fingerprint density at radius 1 is 1.09 bits per heavy atom. The Morgan fingerprint density at radius 2 is 1.64 bits per heavy atom. The number of ether oxygens (including phenoxy) is 2. The second-order valence-corrected chi connectivity index (χ2v) is 3.55. The predicted molar refractivity (Wildman–Crippen MR) is 39.8 cm³/mol. The van der Waals surface area contributed by atoms with E-state index in [0.29, 0.717) is 6.04 Å². The average Bonchev–Trinajstić information content (AvgIpc) is 2.45. The summed E-state index contributed by atoms with van der Waals surface area (Å²) in [6.07, 6.45) is 4.39. The fourth-order valence-corrected chi connectivity index (χ4v) is 1.90. The third kappa shape index (κ3) is 1.41. The zero-order valence-corrected chi connectivity index (χ0v) is 6.84. The molecule has 3 heteroatoms. The van der Waals surface area contributed by atoms with Gasteiger partial charge in [0.25, 0.3) is 0 Å². The van der Waals surface area contributed by atoms with Crippen molar-refractivity contribution in [1.29, 1.82) is 0 Å². The largest absolute Gasteiger partial charge is 0.355 e. The van der Waals surface area contributed by atoms with Gasteiger partial charge in [0.15, 0.2) is 5.79 Å². The van der Waals surface area contributed by atoms with Crippen molar-refractivity contribution in [3.8, 4) is 0 Å². The van der Waals surface area contributed by atoms with E-state index in [0.717, 1.165) is 38.9 Å². The van der Waals surface area contributed by atoms with Gasteiger partial charge in [0.1, 0.15) is 0 Å². The monoisotopic (exact) mass is 158 g/mol. The Bertz CT molecular complexity index is 133. The zero-order chi connectivity index (χ0) is 7.73. The van der Waals surface area contributed by atoms with Crippen LogP contribution in [0.2, 0.25) is 0 Å². The van der Waals surface area contributed by atoms with Crippen LogP contribution in [0.3, 0.4) is 0 Å². The Morgan fingerprint density at radius 3 is 2.18 bits per heavy atom. The number of hydrogen-bond donors (Lipinski definition) is 1. The molecular formula is C8H16NO2+. The summed E-state index contributed by atoms with van der Waals surface area (Å²) in [5.41, 5.74) is 4.04. The highest BCUT2D eigenvalue weighted by Gasteiger charge is 2.40. The van der Waals surface area contributed by atoms with Gasteiger partial charge in [-0.3, -0.25) is 0 Å². The summed E-state index contributed by atoms with van der Waals surface area (Å²) in [4.78, 5) is 0. The average molecular weight is 158 g/mol. The highest BCUT2D eigenvalue weighted by Crippen LogP contribution is 2.34. The highest BCUT2D eigenvalue weighted by atomic mass is 16.7. The summed E-state index contributed by atoms with van der Waals surface area (Å²) in [5.74, 6) is -0.186. The maximum absolute atomic E-state index is 5.58. The fourth-order valence-electron chi connectivity index (χ4n) is 1.90. The molecule has 1 saturated carbocycles. The Hall–Kier alpha value is -0.120. The van der Waals surface area contributed by atoms with E-state index in [9.17, 15) is 0 Å². The van der Waals surface area contributed by atoms with Gasteiger partial charge >= 0.3 is 0 Å². The first-order valence-electron chi connectivity index (χ1n) is 4.42. The van der Waals surface area contributed by atoms with Crippen LogP contribution in [0.25, 0.3) is 0 Å². The van der Waals surface area contributed by atoms with Gasteiger partial charge in [-0.25, -0.2) is 0 Å². The molecule has 2 fully saturated rings. The predicted octanol–water partition coefficient (Wildman–Crippen LogP) is -0.0860. The first-order valence-corrected chi connectivity index (χ1v) is 4.42. The summed E-state index contributed by atoms with van der Waals surface area (Å²) >= 11 is 0. The summed E-state index contributed by atoms with van der Waals surface area (Å²) < 4.78 is 11.2. The van der Waals surface area contributed by atoms with Gasteiger partial charge in [-0.2, -0.15) is 0 Å². The SMILES string of the molecule is [NH3+]C1CCC2(CC1)OCCO2. The molecule has 3 N–H and O–H groups in total. The van der Waals surface area contributed by atoms with Gasteiger partial charge in [-0.1, -0.05) is 0 Å². The Kier molecular flexibility index (Phi) is 1.87. The van der Waals surface area contributed by atoms with Gasteiger partial charge < -0.3 is 15.2 Å². The quantitative estimate of drug-likeness (QED) is 0.535. The van der Waals surface area contributed by atoms with Crippen molar-refractivity contribution in [2.45, 2.75) is 37.5 Å². The van der Waals surface area contributed by atoms with Crippen LogP contribution in [-0.4, -0.2) is 25.0 Å². The smallest absolute Gasteiger partial charge is 0.168 e. The standard InChI is InChI=1S/C8H15NO2/c9-7-1-3-8(4-2-7)10-5-6-11-8/h7H,1-6,9H2/p+1. The molecule has 2 aliphatic rings.